The van der Waals surface area contributed by atoms with Crippen LogP contribution < -0.4 is 10.1 Å². The third-order valence-electron chi connectivity index (χ3n) is 3.61. The minimum absolute atomic E-state index is 0.650. The predicted molar refractivity (Wildman–Crippen MR) is 79.7 cm³/mol. The van der Waals surface area contributed by atoms with E-state index in [1.54, 1.807) is 0 Å². The first-order valence-corrected chi connectivity index (χ1v) is 6.93. The molecule has 2 aromatic heterocycles. The van der Waals surface area contributed by atoms with Crippen molar-refractivity contribution in [3.63, 3.8) is 0 Å². The van der Waals surface area contributed by atoms with Crippen molar-refractivity contribution in [2.75, 3.05) is 18.5 Å². The predicted octanol–water partition coefficient (Wildman–Crippen LogP) is 2.21. The second kappa shape index (κ2) is 4.44. The summed E-state index contributed by atoms with van der Waals surface area (Å²) in [5.41, 5.74) is 3.66. The van der Waals surface area contributed by atoms with Crippen LogP contribution in [0.2, 0.25) is 0 Å². The Balaban J connectivity index is 1.99. The first-order valence-electron chi connectivity index (χ1n) is 6.93. The number of hydrogen-bond acceptors (Lipinski definition) is 5. The molecule has 1 aliphatic rings. The van der Waals surface area contributed by atoms with Gasteiger partial charge < -0.3 is 10.1 Å². The molecule has 6 heteroatoms. The van der Waals surface area contributed by atoms with Crippen LogP contribution in [-0.2, 0) is 0 Å². The molecule has 3 aromatic rings. The van der Waals surface area contributed by atoms with E-state index in [4.69, 9.17) is 4.74 Å². The van der Waals surface area contributed by atoms with Crippen molar-refractivity contribution in [2.45, 2.75) is 13.8 Å². The number of rotatable bonds is 1. The summed E-state index contributed by atoms with van der Waals surface area (Å²) in [4.78, 5) is 4.50. The number of aromatic nitrogens is 4. The lowest BCUT2D eigenvalue weighted by molar-refractivity contribution is 0.324. The van der Waals surface area contributed by atoms with Crippen LogP contribution in [0.1, 0.15) is 11.5 Å². The summed E-state index contributed by atoms with van der Waals surface area (Å²) in [6, 6.07) is 7.93. The van der Waals surface area contributed by atoms with Crippen LogP contribution in [0.3, 0.4) is 0 Å². The second-order valence-electron chi connectivity index (χ2n) is 5.12. The van der Waals surface area contributed by atoms with E-state index in [0.29, 0.717) is 6.61 Å². The zero-order chi connectivity index (χ0) is 14.4. The molecule has 0 atom stereocenters. The van der Waals surface area contributed by atoms with Gasteiger partial charge in [-0.25, -0.2) is 4.98 Å². The Morgan fingerprint density at radius 2 is 2.14 bits per heavy atom. The van der Waals surface area contributed by atoms with Crippen LogP contribution in [-0.4, -0.2) is 32.7 Å². The van der Waals surface area contributed by atoms with E-state index in [1.807, 2.05) is 42.5 Å². The first kappa shape index (κ1) is 12.1. The van der Waals surface area contributed by atoms with Crippen molar-refractivity contribution in [3.8, 4) is 17.1 Å². The standard InChI is InChI=1S/C15H15N5O/c1-9-8-13-18-19-15(20(13)10(2)17-9)11-4-3-5-12-14(11)21-7-6-16-12/h3-5,8,16H,6-7H2,1-2H3. The normalized spacial score (nSPS) is 13.6. The Labute approximate surface area is 121 Å². The van der Waals surface area contributed by atoms with E-state index in [-0.39, 0.29) is 0 Å². The molecule has 1 aliphatic heterocycles. The summed E-state index contributed by atoms with van der Waals surface area (Å²) in [5.74, 6) is 2.46. The summed E-state index contributed by atoms with van der Waals surface area (Å²) in [6.45, 7) is 5.38. The molecular weight excluding hydrogens is 266 g/mol. The molecule has 4 rings (SSSR count). The summed E-state index contributed by atoms with van der Waals surface area (Å²) < 4.78 is 7.79. The number of ether oxygens (including phenoxy) is 1. The van der Waals surface area contributed by atoms with Crippen LogP contribution in [0.4, 0.5) is 5.69 Å². The minimum Gasteiger partial charge on any atom is -0.489 e. The Morgan fingerprint density at radius 1 is 1.24 bits per heavy atom. The highest BCUT2D eigenvalue weighted by molar-refractivity contribution is 5.76. The Bertz CT molecular complexity index is 839. The van der Waals surface area contributed by atoms with E-state index < -0.39 is 0 Å². The van der Waals surface area contributed by atoms with Gasteiger partial charge in [-0.3, -0.25) is 4.40 Å². The van der Waals surface area contributed by atoms with Crippen LogP contribution in [0, 0.1) is 13.8 Å². The maximum atomic E-state index is 5.83. The van der Waals surface area contributed by atoms with Gasteiger partial charge in [-0.2, -0.15) is 0 Å². The molecule has 1 aromatic carbocycles. The number of benzene rings is 1. The third kappa shape index (κ3) is 1.83. The van der Waals surface area contributed by atoms with Gasteiger partial charge in [0.05, 0.1) is 11.3 Å². The molecule has 21 heavy (non-hydrogen) atoms. The van der Waals surface area contributed by atoms with Gasteiger partial charge in [0.15, 0.2) is 17.2 Å². The van der Waals surface area contributed by atoms with Crippen molar-refractivity contribution in [3.05, 3.63) is 35.8 Å². The average molecular weight is 281 g/mol. The molecule has 0 amide bonds. The third-order valence-corrected chi connectivity index (χ3v) is 3.61. The van der Waals surface area contributed by atoms with Gasteiger partial charge in [0.25, 0.3) is 0 Å². The maximum Gasteiger partial charge on any atom is 0.173 e. The number of nitrogens with zero attached hydrogens (tertiary/aromatic N) is 4. The van der Waals surface area contributed by atoms with Crippen molar-refractivity contribution in [1.82, 2.24) is 19.6 Å². The fraction of sp³-hybridized carbons (Fsp3) is 0.267. The zero-order valence-corrected chi connectivity index (χ0v) is 11.9. The van der Waals surface area contributed by atoms with Crippen LogP contribution in [0.5, 0.6) is 5.75 Å². The van der Waals surface area contributed by atoms with Crippen LogP contribution in [0.15, 0.2) is 24.3 Å². The van der Waals surface area contributed by atoms with Gasteiger partial charge in [-0.15, -0.1) is 10.2 Å². The van der Waals surface area contributed by atoms with Gasteiger partial charge in [-0.05, 0) is 26.0 Å². The van der Waals surface area contributed by atoms with Gasteiger partial charge in [0, 0.05) is 18.3 Å². The monoisotopic (exact) mass is 281 g/mol. The smallest absolute Gasteiger partial charge is 0.173 e. The number of fused-ring (bicyclic) bond motifs is 2. The molecule has 106 valence electrons. The van der Waals surface area contributed by atoms with Gasteiger partial charge >= 0.3 is 0 Å². The van der Waals surface area contributed by atoms with Crippen molar-refractivity contribution in [1.29, 1.82) is 0 Å². The molecule has 0 saturated carbocycles. The number of anilines is 1. The molecular formula is C15H15N5O. The van der Waals surface area contributed by atoms with E-state index in [9.17, 15) is 0 Å². The molecule has 0 unspecified atom stereocenters. The largest absolute Gasteiger partial charge is 0.489 e. The van der Waals surface area contributed by atoms with E-state index in [2.05, 4.69) is 20.5 Å². The van der Waals surface area contributed by atoms with Crippen molar-refractivity contribution < 1.29 is 4.74 Å². The number of para-hydroxylation sites is 1. The lowest BCUT2D eigenvalue weighted by atomic mass is 10.1. The Kier molecular flexibility index (Phi) is 2.57. The van der Waals surface area contributed by atoms with Crippen LogP contribution >= 0.6 is 0 Å². The zero-order valence-electron chi connectivity index (χ0n) is 11.9. The highest BCUT2D eigenvalue weighted by Gasteiger charge is 2.20. The SMILES string of the molecule is Cc1cc2nnc(-c3cccc4c3OCCN4)n2c(C)n1. The van der Waals surface area contributed by atoms with E-state index in [0.717, 1.165) is 46.5 Å². The summed E-state index contributed by atoms with van der Waals surface area (Å²) in [5, 5.41) is 11.9. The number of nitrogens with one attached hydrogen (secondary N) is 1. The quantitative estimate of drug-likeness (QED) is 0.741. The highest BCUT2D eigenvalue weighted by atomic mass is 16.5. The van der Waals surface area contributed by atoms with Gasteiger partial charge in [-0.1, -0.05) is 6.07 Å². The van der Waals surface area contributed by atoms with Crippen molar-refractivity contribution in [2.24, 2.45) is 0 Å². The van der Waals surface area contributed by atoms with E-state index in [1.165, 1.54) is 0 Å². The molecule has 0 radical (unpaired) electrons. The minimum atomic E-state index is 0.650. The molecule has 0 aliphatic carbocycles. The molecule has 0 spiro atoms. The topological polar surface area (TPSA) is 64.3 Å². The maximum absolute atomic E-state index is 5.83. The summed E-state index contributed by atoms with van der Waals surface area (Å²) >= 11 is 0. The molecule has 0 fully saturated rings. The van der Waals surface area contributed by atoms with Gasteiger partial charge in [0.2, 0.25) is 0 Å². The fourth-order valence-corrected chi connectivity index (χ4v) is 2.75. The van der Waals surface area contributed by atoms with Gasteiger partial charge in [0.1, 0.15) is 12.4 Å². The molecule has 0 saturated heterocycles. The summed E-state index contributed by atoms with van der Waals surface area (Å²) in [7, 11) is 0. The van der Waals surface area contributed by atoms with E-state index >= 15 is 0 Å². The lowest BCUT2D eigenvalue weighted by Gasteiger charge is -2.21. The lowest BCUT2D eigenvalue weighted by Crippen LogP contribution is -2.18. The first-order chi connectivity index (χ1) is 10.2. The second-order valence-corrected chi connectivity index (χ2v) is 5.12. The molecule has 6 nitrogen and oxygen atoms in total. The average Bonchev–Trinajstić information content (AvgIpc) is 2.90. The Hall–Kier alpha value is -2.63. The van der Waals surface area contributed by atoms with Crippen LogP contribution in [0.25, 0.3) is 17.0 Å². The van der Waals surface area contributed by atoms with Crippen molar-refractivity contribution >= 4 is 11.3 Å². The number of aryl methyl sites for hydroxylation is 2. The Morgan fingerprint density at radius 3 is 3.05 bits per heavy atom. The summed E-state index contributed by atoms with van der Waals surface area (Å²) in [6.07, 6.45) is 0. The molecule has 3 heterocycles. The number of hydrogen-bond donors (Lipinski definition) is 1. The molecule has 1 N–H and O–H groups in total. The fourth-order valence-electron chi connectivity index (χ4n) is 2.75. The highest BCUT2D eigenvalue weighted by Crippen LogP contribution is 2.37. The molecule has 0 bridgehead atoms.